The molecule has 2 aromatic rings. The Balaban J connectivity index is 1.72. The van der Waals surface area contributed by atoms with Crippen molar-refractivity contribution in [1.82, 2.24) is 4.37 Å². The Labute approximate surface area is 141 Å². The number of benzene rings is 1. The number of hydrogen-bond acceptors (Lipinski definition) is 4. The van der Waals surface area contributed by atoms with Gasteiger partial charge < -0.3 is 4.90 Å². The van der Waals surface area contributed by atoms with E-state index in [1.165, 1.54) is 23.2 Å². The third-order valence-electron chi connectivity index (χ3n) is 3.75. The van der Waals surface area contributed by atoms with Gasteiger partial charge in [0.05, 0.1) is 0 Å². The van der Waals surface area contributed by atoms with Crippen molar-refractivity contribution in [2.75, 3.05) is 18.0 Å². The molecule has 118 valence electrons. The molecular weight excluding hydrogens is 340 g/mol. The lowest BCUT2D eigenvalue weighted by Gasteiger charge is -2.29. The Kier molecular flexibility index (Phi) is 4.60. The molecule has 7 heteroatoms. The summed E-state index contributed by atoms with van der Waals surface area (Å²) in [7, 11) is 0. The highest BCUT2D eigenvalue weighted by atomic mass is 35.5. The summed E-state index contributed by atoms with van der Waals surface area (Å²) in [6.45, 7) is 1.48. The first kappa shape index (κ1) is 15.9. The minimum Gasteiger partial charge on any atom is -0.360 e. The van der Waals surface area contributed by atoms with Gasteiger partial charge in [0.15, 0.2) is 16.8 Å². The number of rotatable bonds is 2. The van der Waals surface area contributed by atoms with Gasteiger partial charge in [-0.2, -0.15) is 9.64 Å². The zero-order chi connectivity index (χ0) is 16.4. The first-order chi connectivity index (χ1) is 11.1. The van der Waals surface area contributed by atoms with E-state index in [1.54, 1.807) is 6.07 Å². The van der Waals surface area contributed by atoms with E-state index in [2.05, 4.69) is 15.3 Å². The summed E-state index contributed by atoms with van der Waals surface area (Å²) in [5, 5.41) is 10.2. The van der Waals surface area contributed by atoms with Gasteiger partial charge >= 0.3 is 0 Å². The molecule has 0 radical (unpaired) electrons. The zero-order valence-corrected chi connectivity index (χ0v) is 13.6. The van der Waals surface area contributed by atoms with Gasteiger partial charge in [0.1, 0.15) is 16.6 Å². The van der Waals surface area contributed by atoms with Gasteiger partial charge in [-0.15, -0.1) is 0 Å². The zero-order valence-electron chi connectivity index (χ0n) is 12.0. The molecule has 0 atom stereocenters. The Morgan fingerprint density at radius 1 is 1.26 bits per heavy atom. The van der Waals surface area contributed by atoms with Gasteiger partial charge in [0.25, 0.3) is 0 Å². The van der Waals surface area contributed by atoms with Crippen molar-refractivity contribution in [3.8, 4) is 6.07 Å². The summed E-state index contributed by atoms with van der Waals surface area (Å²) in [5.74, 6) is -1.68. The van der Waals surface area contributed by atoms with E-state index in [0.29, 0.717) is 11.1 Å². The van der Waals surface area contributed by atoms with Crippen LogP contribution in [-0.2, 0) is 0 Å². The van der Waals surface area contributed by atoms with Gasteiger partial charge in [-0.25, -0.2) is 8.78 Å². The SMILES string of the molecule is N#Cc1c(Cl)nsc1N1CCC(=Cc2ccc(F)c(F)c2)CC1. The number of nitriles is 1. The summed E-state index contributed by atoms with van der Waals surface area (Å²) in [4.78, 5) is 2.09. The predicted molar refractivity (Wildman–Crippen MR) is 87.6 cm³/mol. The molecule has 0 spiro atoms. The van der Waals surface area contributed by atoms with Crippen LogP contribution in [0.4, 0.5) is 13.8 Å². The fourth-order valence-corrected chi connectivity index (χ4v) is 3.63. The highest BCUT2D eigenvalue weighted by molar-refractivity contribution is 7.10. The first-order valence-electron chi connectivity index (χ1n) is 7.03. The summed E-state index contributed by atoms with van der Waals surface area (Å²) < 4.78 is 30.2. The van der Waals surface area contributed by atoms with Gasteiger partial charge in [-0.05, 0) is 42.1 Å². The lowest BCUT2D eigenvalue weighted by molar-refractivity contribution is 0.508. The van der Waals surface area contributed by atoms with Crippen molar-refractivity contribution in [3.05, 3.63) is 51.7 Å². The summed E-state index contributed by atoms with van der Waals surface area (Å²) >= 11 is 7.13. The molecule has 3 nitrogen and oxygen atoms in total. The third kappa shape index (κ3) is 3.36. The second kappa shape index (κ2) is 6.65. The molecule has 1 aliphatic rings. The van der Waals surface area contributed by atoms with E-state index in [-0.39, 0.29) is 5.15 Å². The van der Waals surface area contributed by atoms with E-state index in [0.717, 1.165) is 37.0 Å². The van der Waals surface area contributed by atoms with E-state index < -0.39 is 11.6 Å². The van der Waals surface area contributed by atoms with Crippen molar-refractivity contribution in [2.24, 2.45) is 0 Å². The summed E-state index contributed by atoms with van der Waals surface area (Å²) in [6.07, 6.45) is 3.48. The maximum absolute atomic E-state index is 13.2. The van der Waals surface area contributed by atoms with Crippen LogP contribution in [0.25, 0.3) is 6.08 Å². The van der Waals surface area contributed by atoms with Crippen LogP contribution in [0, 0.1) is 23.0 Å². The average molecular weight is 352 g/mol. The van der Waals surface area contributed by atoms with Crippen molar-refractivity contribution in [3.63, 3.8) is 0 Å². The van der Waals surface area contributed by atoms with Crippen LogP contribution < -0.4 is 4.90 Å². The highest BCUT2D eigenvalue weighted by Crippen LogP contribution is 2.34. The molecule has 1 aromatic heterocycles. The van der Waals surface area contributed by atoms with E-state index in [4.69, 9.17) is 16.9 Å². The van der Waals surface area contributed by atoms with Crippen LogP contribution in [0.1, 0.15) is 24.0 Å². The van der Waals surface area contributed by atoms with Crippen molar-refractivity contribution in [1.29, 1.82) is 5.26 Å². The Bertz CT molecular complexity index is 800. The molecule has 1 fully saturated rings. The molecule has 2 heterocycles. The van der Waals surface area contributed by atoms with Crippen molar-refractivity contribution in [2.45, 2.75) is 12.8 Å². The van der Waals surface area contributed by atoms with Crippen LogP contribution in [-0.4, -0.2) is 17.5 Å². The molecule has 0 N–H and O–H groups in total. The number of aromatic nitrogens is 1. The minimum absolute atomic E-state index is 0.246. The quantitative estimate of drug-likeness (QED) is 0.792. The first-order valence-corrected chi connectivity index (χ1v) is 8.18. The van der Waals surface area contributed by atoms with Crippen LogP contribution in [0.15, 0.2) is 23.8 Å². The fraction of sp³-hybridized carbons (Fsp3) is 0.250. The lowest BCUT2D eigenvalue weighted by atomic mass is 10.0. The Morgan fingerprint density at radius 3 is 2.65 bits per heavy atom. The maximum Gasteiger partial charge on any atom is 0.162 e. The molecule has 1 aliphatic heterocycles. The van der Waals surface area contributed by atoms with Crippen molar-refractivity contribution < 1.29 is 8.78 Å². The summed E-state index contributed by atoms with van der Waals surface area (Å²) in [5.41, 5.74) is 2.25. The fourth-order valence-electron chi connectivity index (χ4n) is 2.55. The van der Waals surface area contributed by atoms with Crippen LogP contribution in [0.3, 0.4) is 0 Å². The van der Waals surface area contributed by atoms with Crippen molar-refractivity contribution >= 4 is 34.2 Å². The predicted octanol–water partition coefficient (Wildman–Crippen LogP) is 4.63. The molecule has 0 bridgehead atoms. The molecule has 0 amide bonds. The van der Waals surface area contributed by atoms with Gasteiger partial charge in [0, 0.05) is 13.1 Å². The standard InChI is InChI=1S/C16H12ClF2N3S/c17-15-12(9-20)16(23-21-15)22-5-3-10(4-6-22)7-11-1-2-13(18)14(19)8-11/h1-2,7-8H,3-6H2. The minimum atomic E-state index is -0.840. The molecule has 23 heavy (non-hydrogen) atoms. The number of hydrogen-bond donors (Lipinski definition) is 0. The second-order valence-corrected chi connectivity index (χ2v) is 6.34. The molecule has 0 unspecified atom stereocenters. The van der Waals surface area contributed by atoms with Crippen LogP contribution >= 0.6 is 23.1 Å². The number of anilines is 1. The van der Waals surface area contributed by atoms with E-state index in [9.17, 15) is 8.78 Å². The molecule has 3 rings (SSSR count). The Morgan fingerprint density at radius 2 is 2.00 bits per heavy atom. The number of halogens is 3. The molecule has 1 saturated heterocycles. The summed E-state index contributed by atoms with van der Waals surface area (Å²) in [6, 6.07) is 5.98. The van der Waals surface area contributed by atoms with E-state index >= 15 is 0 Å². The van der Waals surface area contributed by atoms with Crippen LogP contribution in [0.2, 0.25) is 5.15 Å². The largest absolute Gasteiger partial charge is 0.360 e. The number of nitrogens with zero attached hydrogens (tertiary/aromatic N) is 3. The van der Waals surface area contributed by atoms with E-state index in [1.807, 2.05) is 6.08 Å². The monoisotopic (exact) mass is 351 g/mol. The van der Waals surface area contributed by atoms with Gasteiger partial charge in [-0.3, -0.25) is 0 Å². The third-order valence-corrected chi connectivity index (χ3v) is 5.03. The lowest BCUT2D eigenvalue weighted by Crippen LogP contribution is -2.30. The topological polar surface area (TPSA) is 39.9 Å². The molecule has 0 saturated carbocycles. The normalized spacial score (nSPS) is 14.7. The second-order valence-electron chi connectivity index (χ2n) is 5.23. The van der Waals surface area contributed by atoms with Gasteiger partial charge in [-0.1, -0.05) is 29.3 Å². The Hall–Kier alpha value is -1.97. The maximum atomic E-state index is 13.2. The van der Waals surface area contributed by atoms with Crippen LogP contribution in [0.5, 0.6) is 0 Å². The molecular formula is C16H12ClF2N3S. The molecule has 1 aromatic carbocycles. The van der Waals surface area contributed by atoms with Gasteiger partial charge in [0.2, 0.25) is 0 Å². The smallest absolute Gasteiger partial charge is 0.162 e. The number of piperidine rings is 1. The molecule has 0 aliphatic carbocycles. The average Bonchev–Trinajstić information content (AvgIpc) is 2.92. The highest BCUT2D eigenvalue weighted by Gasteiger charge is 2.21.